The molecule has 1 aromatic carbocycles. The molecule has 3 nitrogen and oxygen atoms in total. The number of hydrogen-bond donors (Lipinski definition) is 0. The van der Waals surface area contributed by atoms with Crippen LogP contribution in [0.25, 0.3) is 5.57 Å². The third-order valence-electron chi connectivity index (χ3n) is 2.25. The van der Waals surface area contributed by atoms with Crippen LogP contribution in [-0.2, 0) is 19.6 Å². The Morgan fingerprint density at radius 2 is 2.06 bits per heavy atom. The molecule has 0 aliphatic rings. The van der Waals surface area contributed by atoms with Crippen molar-refractivity contribution in [1.29, 1.82) is 0 Å². The maximum Gasteiger partial charge on any atom is 0.342 e. The lowest BCUT2D eigenvalue weighted by Gasteiger charge is -2.13. The van der Waals surface area contributed by atoms with E-state index >= 15 is 0 Å². The molecule has 0 radical (unpaired) electrons. The average Bonchev–Trinajstić information content (AvgIpc) is 2.35. The molecule has 1 rings (SSSR count). The van der Waals surface area contributed by atoms with Crippen molar-refractivity contribution in [3.8, 4) is 0 Å². The highest BCUT2D eigenvalue weighted by Gasteiger charge is 2.18. The van der Waals surface area contributed by atoms with Gasteiger partial charge in [-0.25, -0.2) is 4.79 Å². The van der Waals surface area contributed by atoms with E-state index in [1.54, 1.807) is 0 Å². The van der Waals surface area contributed by atoms with Crippen LogP contribution in [0.1, 0.15) is 25.0 Å². The zero-order valence-electron chi connectivity index (χ0n) is 10.8. The molecule has 0 aliphatic heterocycles. The number of rotatable bonds is 5. The minimum atomic E-state index is -0.375. The number of hydrogen-bond acceptors (Lipinski definition) is 3. The van der Waals surface area contributed by atoms with E-state index in [-0.39, 0.29) is 12.1 Å². The summed E-state index contributed by atoms with van der Waals surface area (Å²) in [6, 6.07) is 7.64. The van der Waals surface area contributed by atoms with Crippen molar-refractivity contribution in [3.05, 3.63) is 41.7 Å². The zero-order chi connectivity index (χ0) is 13.5. The van der Waals surface area contributed by atoms with Gasteiger partial charge in [0.15, 0.2) is 0 Å². The Bertz CT molecular complexity index is 438. The number of benzene rings is 1. The predicted octanol–water partition coefficient (Wildman–Crippen LogP) is 3.52. The van der Waals surface area contributed by atoms with Gasteiger partial charge in [-0.05, 0) is 25.0 Å². The molecule has 0 bridgehead atoms. The van der Waals surface area contributed by atoms with Gasteiger partial charge in [-0.1, -0.05) is 40.2 Å². The Morgan fingerprint density at radius 1 is 1.39 bits per heavy atom. The Kier molecular flexibility index (Phi) is 5.92. The van der Waals surface area contributed by atoms with E-state index in [9.17, 15) is 4.79 Å². The van der Waals surface area contributed by atoms with Gasteiger partial charge in [0.25, 0.3) is 0 Å². The van der Waals surface area contributed by atoms with E-state index in [0.29, 0.717) is 10.9 Å². The molecule has 4 heteroatoms. The fraction of sp³-hybridized carbons (Fsp3) is 0.357. The summed E-state index contributed by atoms with van der Waals surface area (Å²) in [6.07, 6.45) is 1.26. The largest absolute Gasteiger partial charge is 0.503 e. The van der Waals surface area contributed by atoms with Crippen LogP contribution in [0.15, 0.2) is 30.5 Å². The van der Waals surface area contributed by atoms with Crippen molar-refractivity contribution < 1.29 is 14.3 Å². The standard InChI is InChI=1S/C14H17BrO3/c1-10(2)18-14(16)13(9-17-3)12-7-5-4-6-11(12)8-15/h4-7,9-10H,8H2,1-3H3. The topological polar surface area (TPSA) is 35.5 Å². The molecule has 0 aliphatic carbocycles. The van der Waals surface area contributed by atoms with Gasteiger partial charge in [-0.2, -0.15) is 0 Å². The van der Waals surface area contributed by atoms with Crippen LogP contribution in [0.3, 0.4) is 0 Å². The van der Waals surface area contributed by atoms with Crippen LogP contribution in [0.2, 0.25) is 0 Å². The van der Waals surface area contributed by atoms with Gasteiger partial charge >= 0.3 is 5.97 Å². The number of alkyl halides is 1. The first kappa shape index (κ1) is 14.8. The van der Waals surface area contributed by atoms with Crippen LogP contribution in [0, 0.1) is 0 Å². The molecule has 0 atom stereocenters. The van der Waals surface area contributed by atoms with Crippen molar-refractivity contribution in [2.24, 2.45) is 0 Å². The van der Waals surface area contributed by atoms with Crippen molar-refractivity contribution >= 4 is 27.5 Å². The summed E-state index contributed by atoms with van der Waals surface area (Å²) >= 11 is 3.41. The number of esters is 1. The zero-order valence-corrected chi connectivity index (χ0v) is 12.4. The van der Waals surface area contributed by atoms with Crippen molar-refractivity contribution in [1.82, 2.24) is 0 Å². The second-order valence-electron chi connectivity index (χ2n) is 4.01. The van der Waals surface area contributed by atoms with Crippen LogP contribution < -0.4 is 0 Å². The molecular weight excluding hydrogens is 296 g/mol. The number of methoxy groups -OCH3 is 1. The van der Waals surface area contributed by atoms with E-state index < -0.39 is 0 Å². The summed E-state index contributed by atoms with van der Waals surface area (Å²) < 4.78 is 10.2. The lowest BCUT2D eigenvalue weighted by atomic mass is 10.0. The fourth-order valence-corrected chi connectivity index (χ4v) is 2.01. The molecule has 0 heterocycles. The van der Waals surface area contributed by atoms with Gasteiger partial charge < -0.3 is 9.47 Å². The lowest BCUT2D eigenvalue weighted by molar-refractivity contribution is -0.140. The highest BCUT2D eigenvalue weighted by molar-refractivity contribution is 9.08. The minimum absolute atomic E-state index is 0.158. The monoisotopic (exact) mass is 312 g/mol. The minimum Gasteiger partial charge on any atom is -0.503 e. The predicted molar refractivity (Wildman–Crippen MR) is 75.3 cm³/mol. The number of carbonyl (C=O) groups excluding carboxylic acids is 1. The molecule has 0 N–H and O–H groups in total. The molecule has 18 heavy (non-hydrogen) atoms. The summed E-state index contributed by atoms with van der Waals surface area (Å²) in [5.74, 6) is -0.375. The van der Waals surface area contributed by atoms with E-state index in [0.717, 1.165) is 11.1 Å². The molecule has 0 fully saturated rings. The SMILES string of the molecule is COC=C(C(=O)OC(C)C)c1ccccc1CBr. The van der Waals surface area contributed by atoms with Crippen LogP contribution >= 0.6 is 15.9 Å². The Hall–Kier alpha value is -1.29. The van der Waals surface area contributed by atoms with E-state index in [1.165, 1.54) is 13.4 Å². The third kappa shape index (κ3) is 3.88. The molecular formula is C14H17BrO3. The van der Waals surface area contributed by atoms with Gasteiger partial charge in [-0.15, -0.1) is 0 Å². The maximum atomic E-state index is 12.0. The first-order valence-electron chi connectivity index (χ1n) is 5.68. The summed E-state index contributed by atoms with van der Waals surface area (Å²) in [5.41, 5.74) is 2.27. The average molecular weight is 313 g/mol. The maximum absolute atomic E-state index is 12.0. The Labute approximate surface area is 116 Å². The smallest absolute Gasteiger partial charge is 0.342 e. The summed E-state index contributed by atoms with van der Waals surface area (Å²) in [5, 5.41) is 0.666. The molecule has 0 aromatic heterocycles. The quantitative estimate of drug-likeness (QED) is 0.361. The molecule has 0 spiro atoms. The number of carbonyl (C=O) groups is 1. The Morgan fingerprint density at radius 3 is 2.61 bits per heavy atom. The molecule has 0 saturated heterocycles. The van der Waals surface area contributed by atoms with Gasteiger partial charge in [0.05, 0.1) is 19.5 Å². The van der Waals surface area contributed by atoms with Crippen molar-refractivity contribution in [2.75, 3.05) is 7.11 Å². The van der Waals surface area contributed by atoms with Crippen LogP contribution in [0.4, 0.5) is 0 Å². The first-order valence-corrected chi connectivity index (χ1v) is 6.80. The van der Waals surface area contributed by atoms with Gasteiger partial charge in [0.1, 0.15) is 5.57 Å². The summed E-state index contributed by atoms with van der Waals surface area (Å²) in [4.78, 5) is 12.0. The first-order chi connectivity index (χ1) is 8.60. The van der Waals surface area contributed by atoms with Crippen LogP contribution in [-0.4, -0.2) is 19.2 Å². The Balaban J connectivity index is 3.13. The number of halogens is 1. The third-order valence-corrected chi connectivity index (χ3v) is 2.85. The molecule has 98 valence electrons. The molecule has 0 saturated carbocycles. The van der Waals surface area contributed by atoms with Crippen LogP contribution in [0.5, 0.6) is 0 Å². The highest BCUT2D eigenvalue weighted by atomic mass is 79.9. The van der Waals surface area contributed by atoms with Crippen molar-refractivity contribution in [3.63, 3.8) is 0 Å². The summed E-state index contributed by atoms with van der Waals surface area (Å²) in [7, 11) is 1.51. The lowest BCUT2D eigenvalue weighted by Crippen LogP contribution is -2.14. The second kappa shape index (κ2) is 7.21. The fourth-order valence-electron chi connectivity index (χ4n) is 1.52. The highest BCUT2D eigenvalue weighted by Crippen LogP contribution is 2.23. The molecule has 0 unspecified atom stereocenters. The molecule has 1 aromatic rings. The summed E-state index contributed by atoms with van der Waals surface area (Å²) in [6.45, 7) is 3.64. The van der Waals surface area contributed by atoms with Gasteiger partial charge in [0, 0.05) is 5.33 Å². The van der Waals surface area contributed by atoms with E-state index in [2.05, 4.69) is 15.9 Å². The van der Waals surface area contributed by atoms with Crippen molar-refractivity contribution in [2.45, 2.75) is 25.3 Å². The van der Waals surface area contributed by atoms with Gasteiger partial charge in [-0.3, -0.25) is 0 Å². The van der Waals surface area contributed by atoms with Gasteiger partial charge in [0.2, 0.25) is 0 Å². The second-order valence-corrected chi connectivity index (χ2v) is 4.57. The normalized spacial score (nSPS) is 11.5. The molecule has 0 amide bonds. The van der Waals surface area contributed by atoms with E-state index in [1.807, 2.05) is 38.1 Å². The van der Waals surface area contributed by atoms with E-state index in [4.69, 9.17) is 9.47 Å². The number of ether oxygens (including phenoxy) is 2.